The lowest BCUT2D eigenvalue weighted by Crippen LogP contribution is -2.50. The maximum atomic E-state index is 11.8. The van der Waals surface area contributed by atoms with Gasteiger partial charge in [-0.25, -0.2) is 4.99 Å². The summed E-state index contributed by atoms with van der Waals surface area (Å²) in [5, 5.41) is 9.50. The summed E-state index contributed by atoms with van der Waals surface area (Å²) in [7, 11) is 3.45. The van der Waals surface area contributed by atoms with Crippen LogP contribution < -0.4 is 16.0 Å². The third-order valence-electron chi connectivity index (χ3n) is 4.08. The van der Waals surface area contributed by atoms with Crippen LogP contribution in [0.3, 0.4) is 0 Å². The lowest BCUT2D eigenvalue weighted by molar-refractivity contribution is -0.127. The largest absolute Gasteiger partial charge is 0.357 e. The average molecular weight is 354 g/mol. The molecule has 1 aliphatic heterocycles. The zero-order valence-electron chi connectivity index (χ0n) is 16.1. The van der Waals surface area contributed by atoms with Crippen LogP contribution >= 0.6 is 0 Å². The molecule has 0 spiro atoms. The molecule has 3 N–H and O–H groups in total. The van der Waals surface area contributed by atoms with E-state index < -0.39 is 0 Å². The normalized spacial score (nSPS) is 16.4. The number of piperidine rings is 1. The van der Waals surface area contributed by atoms with Crippen LogP contribution in [0.5, 0.6) is 0 Å². The topological polar surface area (TPSA) is 89.1 Å². The first-order valence-corrected chi connectivity index (χ1v) is 9.20. The molecule has 2 amide bonds. The summed E-state index contributed by atoms with van der Waals surface area (Å²) in [5.74, 6) is 0.757. The molecule has 0 aliphatic carbocycles. The van der Waals surface area contributed by atoms with Gasteiger partial charge in [-0.1, -0.05) is 6.92 Å². The molecule has 1 aliphatic rings. The molecule has 0 saturated carbocycles. The van der Waals surface area contributed by atoms with Crippen LogP contribution in [0.15, 0.2) is 4.99 Å². The number of likely N-dealkylation sites (N-methyl/N-ethyl adjacent to an activating group) is 1. The average Bonchev–Trinajstić information content (AvgIpc) is 2.59. The second kappa shape index (κ2) is 11.7. The number of hydrogen-bond donors (Lipinski definition) is 3. The van der Waals surface area contributed by atoms with E-state index in [0.29, 0.717) is 18.5 Å². The van der Waals surface area contributed by atoms with Gasteiger partial charge < -0.3 is 20.9 Å². The molecule has 1 heterocycles. The zero-order valence-corrected chi connectivity index (χ0v) is 16.1. The van der Waals surface area contributed by atoms with Crippen molar-refractivity contribution in [1.82, 2.24) is 25.8 Å². The van der Waals surface area contributed by atoms with E-state index in [1.807, 2.05) is 13.8 Å². The lowest BCUT2D eigenvalue weighted by atomic mass is 10.1. The van der Waals surface area contributed by atoms with Crippen molar-refractivity contribution in [1.29, 1.82) is 0 Å². The molecule has 1 fully saturated rings. The monoisotopic (exact) mass is 354 g/mol. The molecule has 1 rings (SSSR count). The highest BCUT2D eigenvalue weighted by Gasteiger charge is 2.21. The Morgan fingerprint density at radius 1 is 1.16 bits per heavy atom. The molecular formula is C17H34N6O2. The van der Waals surface area contributed by atoms with Crippen molar-refractivity contribution in [2.24, 2.45) is 4.99 Å². The minimum atomic E-state index is -0.0230. The molecular weight excluding hydrogens is 320 g/mol. The SMILES string of the molecule is CCCNC(=O)CN1CCC(NC(=NCC(=O)N(C)C)NCC)CC1. The van der Waals surface area contributed by atoms with Crippen LogP contribution in [-0.4, -0.2) is 87.0 Å². The Balaban J connectivity index is 2.40. The number of hydrogen-bond acceptors (Lipinski definition) is 4. The number of aliphatic imine (C=N–C) groups is 1. The van der Waals surface area contributed by atoms with Crippen LogP contribution in [0.2, 0.25) is 0 Å². The van der Waals surface area contributed by atoms with Gasteiger partial charge in [-0.05, 0) is 26.2 Å². The number of carbonyl (C=O) groups excluding carboxylic acids is 2. The number of rotatable bonds is 8. The van der Waals surface area contributed by atoms with E-state index in [2.05, 4.69) is 25.8 Å². The molecule has 0 radical (unpaired) electrons. The van der Waals surface area contributed by atoms with E-state index in [0.717, 1.165) is 45.4 Å². The first-order valence-electron chi connectivity index (χ1n) is 9.20. The molecule has 0 unspecified atom stereocenters. The van der Waals surface area contributed by atoms with Gasteiger partial charge in [-0.2, -0.15) is 0 Å². The number of nitrogens with zero attached hydrogens (tertiary/aromatic N) is 3. The molecule has 0 atom stereocenters. The highest BCUT2D eigenvalue weighted by molar-refractivity contribution is 5.84. The van der Waals surface area contributed by atoms with Gasteiger partial charge in [0.2, 0.25) is 11.8 Å². The molecule has 25 heavy (non-hydrogen) atoms. The van der Waals surface area contributed by atoms with Crippen molar-refractivity contribution in [3.63, 3.8) is 0 Å². The Kier molecular flexibility index (Phi) is 9.91. The molecule has 1 saturated heterocycles. The Morgan fingerprint density at radius 3 is 2.40 bits per heavy atom. The van der Waals surface area contributed by atoms with Crippen LogP contribution in [0, 0.1) is 0 Å². The van der Waals surface area contributed by atoms with Crippen LogP contribution in [0.4, 0.5) is 0 Å². The molecule has 0 bridgehead atoms. The van der Waals surface area contributed by atoms with Crippen molar-refractivity contribution in [3.05, 3.63) is 0 Å². The lowest BCUT2D eigenvalue weighted by Gasteiger charge is -2.32. The van der Waals surface area contributed by atoms with Crippen molar-refractivity contribution in [2.45, 2.75) is 39.2 Å². The Hall–Kier alpha value is -1.83. The molecule has 0 aromatic carbocycles. The highest BCUT2D eigenvalue weighted by Crippen LogP contribution is 2.09. The fourth-order valence-corrected chi connectivity index (χ4v) is 2.56. The fraction of sp³-hybridized carbons (Fsp3) is 0.824. The molecule has 8 nitrogen and oxygen atoms in total. The Bertz CT molecular complexity index is 444. The summed E-state index contributed by atoms with van der Waals surface area (Å²) < 4.78 is 0. The Morgan fingerprint density at radius 2 is 1.84 bits per heavy atom. The predicted octanol–water partition coefficient (Wildman–Crippen LogP) is -0.380. The number of nitrogens with one attached hydrogen (secondary N) is 3. The van der Waals surface area contributed by atoms with Gasteiger partial charge in [0.15, 0.2) is 5.96 Å². The van der Waals surface area contributed by atoms with E-state index in [-0.39, 0.29) is 18.4 Å². The fourth-order valence-electron chi connectivity index (χ4n) is 2.56. The van der Waals surface area contributed by atoms with Crippen LogP contribution in [-0.2, 0) is 9.59 Å². The quantitative estimate of drug-likeness (QED) is 0.408. The summed E-state index contributed by atoms with van der Waals surface area (Å²) in [6.45, 7) is 7.91. The minimum absolute atomic E-state index is 0.0230. The molecule has 0 aromatic rings. The van der Waals surface area contributed by atoms with E-state index in [1.54, 1.807) is 14.1 Å². The predicted molar refractivity (Wildman–Crippen MR) is 101 cm³/mol. The van der Waals surface area contributed by atoms with E-state index in [1.165, 1.54) is 4.90 Å². The van der Waals surface area contributed by atoms with Gasteiger partial charge in [-0.3, -0.25) is 14.5 Å². The molecule has 8 heteroatoms. The summed E-state index contributed by atoms with van der Waals surface area (Å²) in [6.07, 6.45) is 2.86. The van der Waals surface area contributed by atoms with Crippen molar-refractivity contribution >= 4 is 17.8 Å². The maximum Gasteiger partial charge on any atom is 0.243 e. The number of guanidine groups is 1. The highest BCUT2D eigenvalue weighted by atomic mass is 16.2. The second-order valence-electron chi connectivity index (χ2n) is 6.53. The second-order valence-corrected chi connectivity index (χ2v) is 6.53. The van der Waals surface area contributed by atoms with Crippen LogP contribution in [0.1, 0.15) is 33.1 Å². The molecule has 144 valence electrons. The summed E-state index contributed by atoms with van der Waals surface area (Å²) in [5.41, 5.74) is 0. The maximum absolute atomic E-state index is 11.8. The van der Waals surface area contributed by atoms with E-state index in [9.17, 15) is 9.59 Å². The van der Waals surface area contributed by atoms with Gasteiger partial charge in [-0.15, -0.1) is 0 Å². The van der Waals surface area contributed by atoms with Crippen LogP contribution in [0.25, 0.3) is 0 Å². The first kappa shape index (κ1) is 21.2. The third-order valence-corrected chi connectivity index (χ3v) is 4.08. The number of amides is 2. The number of likely N-dealkylation sites (tertiary alicyclic amines) is 1. The first-order chi connectivity index (χ1) is 12.0. The van der Waals surface area contributed by atoms with Crippen molar-refractivity contribution < 1.29 is 9.59 Å². The standard InChI is InChI=1S/C17H34N6O2/c1-5-9-19-15(24)13-23-10-7-14(8-11-23)21-17(18-6-2)20-12-16(25)22(3)4/h14H,5-13H2,1-4H3,(H,19,24)(H2,18,20,21). The zero-order chi connectivity index (χ0) is 18.7. The summed E-state index contributed by atoms with van der Waals surface area (Å²) in [6, 6.07) is 0.308. The van der Waals surface area contributed by atoms with Gasteiger partial charge in [0.1, 0.15) is 6.54 Å². The summed E-state index contributed by atoms with van der Waals surface area (Å²) >= 11 is 0. The number of carbonyl (C=O) groups is 2. The smallest absolute Gasteiger partial charge is 0.243 e. The van der Waals surface area contributed by atoms with Gasteiger partial charge in [0.05, 0.1) is 6.54 Å². The van der Waals surface area contributed by atoms with Gasteiger partial charge in [0, 0.05) is 46.3 Å². The third kappa shape index (κ3) is 8.72. The van der Waals surface area contributed by atoms with Crippen molar-refractivity contribution in [3.8, 4) is 0 Å². The van der Waals surface area contributed by atoms with Gasteiger partial charge >= 0.3 is 0 Å². The summed E-state index contributed by atoms with van der Waals surface area (Å²) in [4.78, 5) is 31.5. The van der Waals surface area contributed by atoms with Gasteiger partial charge in [0.25, 0.3) is 0 Å². The molecule has 0 aromatic heterocycles. The Labute approximate surface area is 151 Å². The van der Waals surface area contributed by atoms with Crippen molar-refractivity contribution in [2.75, 3.05) is 53.4 Å². The van der Waals surface area contributed by atoms with E-state index >= 15 is 0 Å². The minimum Gasteiger partial charge on any atom is -0.357 e. The van der Waals surface area contributed by atoms with E-state index in [4.69, 9.17) is 0 Å².